The third kappa shape index (κ3) is 2.59. The van der Waals surface area contributed by atoms with Crippen molar-refractivity contribution < 1.29 is 4.39 Å². The smallest absolute Gasteiger partial charge is 0.123 e. The van der Waals surface area contributed by atoms with Gasteiger partial charge in [-0.05, 0) is 60.2 Å². The van der Waals surface area contributed by atoms with Crippen LogP contribution in [0.25, 0.3) is 0 Å². The molecule has 2 aromatic rings. The molecule has 1 heterocycles. The summed E-state index contributed by atoms with van der Waals surface area (Å²) in [6.45, 7) is 2.17. The van der Waals surface area contributed by atoms with E-state index in [9.17, 15) is 4.39 Å². The molecule has 104 valence electrons. The fourth-order valence-corrected chi connectivity index (χ4v) is 3.43. The van der Waals surface area contributed by atoms with E-state index in [1.165, 1.54) is 28.9 Å². The Morgan fingerprint density at radius 3 is 2.70 bits per heavy atom. The summed E-state index contributed by atoms with van der Waals surface area (Å²) in [6, 6.07) is 11.5. The molecule has 20 heavy (non-hydrogen) atoms. The van der Waals surface area contributed by atoms with Gasteiger partial charge in [0.25, 0.3) is 0 Å². The van der Waals surface area contributed by atoms with Crippen LogP contribution in [0.5, 0.6) is 0 Å². The van der Waals surface area contributed by atoms with Crippen LogP contribution >= 0.6 is 15.9 Å². The third-order valence-corrected chi connectivity index (χ3v) is 4.40. The summed E-state index contributed by atoms with van der Waals surface area (Å²) < 4.78 is 14.2. The van der Waals surface area contributed by atoms with Gasteiger partial charge in [-0.1, -0.05) is 35.0 Å². The van der Waals surface area contributed by atoms with Gasteiger partial charge in [0.1, 0.15) is 5.82 Å². The Labute approximate surface area is 127 Å². The molecule has 2 aromatic carbocycles. The fraction of sp³-hybridized carbons (Fsp3) is 0.294. The molecule has 1 aliphatic rings. The first kappa shape index (κ1) is 13.6. The largest absolute Gasteiger partial charge is 0.378 e. The number of fused-ring (bicyclic) bond motifs is 1. The second-order valence-corrected chi connectivity index (χ2v) is 6.16. The van der Waals surface area contributed by atoms with E-state index in [0.717, 1.165) is 29.3 Å². The highest BCUT2D eigenvalue weighted by molar-refractivity contribution is 9.10. The Kier molecular flexibility index (Phi) is 3.79. The van der Waals surface area contributed by atoms with Crippen molar-refractivity contribution in [3.05, 3.63) is 63.4 Å². The number of aryl methyl sites for hydroxylation is 2. The minimum Gasteiger partial charge on any atom is -0.378 e. The Balaban J connectivity index is 1.93. The molecule has 1 aliphatic heterocycles. The van der Waals surface area contributed by atoms with Crippen LogP contribution < -0.4 is 5.32 Å². The highest BCUT2D eigenvalue weighted by Gasteiger charge is 2.21. The number of nitrogens with one attached hydrogen (secondary N) is 1. The van der Waals surface area contributed by atoms with Gasteiger partial charge in [-0.15, -0.1) is 0 Å². The molecule has 3 heteroatoms. The molecule has 0 bridgehead atoms. The van der Waals surface area contributed by atoms with E-state index < -0.39 is 0 Å². The second-order valence-electron chi connectivity index (χ2n) is 5.24. The van der Waals surface area contributed by atoms with Crippen LogP contribution in [0.3, 0.4) is 0 Å². The quantitative estimate of drug-likeness (QED) is 0.791. The van der Waals surface area contributed by atoms with Crippen molar-refractivity contribution in [2.24, 2.45) is 0 Å². The van der Waals surface area contributed by atoms with Crippen molar-refractivity contribution >= 4 is 21.6 Å². The highest BCUT2D eigenvalue weighted by atomic mass is 79.9. The molecule has 0 aromatic heterocycles. The average Bonchev–Trinajstić information content (AvgIpc) is 2.46. The van der Waals surface area contributed by atoms with Crippen molar-refractivity contribution in [1.82, 2.24) is 0 Å². The van der Waals surface area contributed by atoms with E-state index >= 15 is 0 Å². The van der Waals surface area contributed by atoms with E-state index in [4.69, 9.17) is 0 Å². The lowest BCUT2D eigenvalue weighted by Gasteiger charge is -2.29. The molecular formula is C17H17BrFN. The summed E-state index contributed by atoms with van der Waals surface area (Å²) in [5.74, 6) is -0.178. The number of rotatable bonds is 2. The molecule has 1 N–H and O–H groups in total. The SMILES string of the molecule is CCc1cc(Br)cc2c1NC(c1ccc(F)cc1)CC2. The van der Waals surface area contributed by atoms with Crippen LogP contribution in [-0.4, -0.2) is 0 Å². The molecule has 0 saturated heterocycles. The topological polar surface area (TPSA) is 12.0 Å². The summed E-state index contributed by atoms with van der Waals surface area (Å²) in [6.07, 6.45) is 3.10. The monoisotopic (exact) mass is 333 g/mol. The van der Waals surface area contributed by atoms with Crippen molar-refractivity contribution in [2.45, 2.75) is 32.2 Å². The minimum atomic E-state index is -0.178. The molecule has 0 spiro atoms. The summed E-state index contributed by atoms with van der Waals surface area (Å²) in [7, 11) is 0. The number of hydrogen-bond acceptors (Lipinski definition) is 1. The Hall–Kier alpha value is -1.35. The highest BCUT2D eigenvalue weighted by Crippen LogP contribution is 2.37. The zero-order valence-electron chi connectivity index (χ0n) is 11.4. The Morgan fingerprint density at radius 1 is 1.25 bits per heavy atom. The van der Waals surface area contributed by atoms with Crippen LogP contribution in [0.15, 0.2) is 40.9 Å². The molecule has 0 saturated carbocycles. The predicted octanol–water partition coefficient (Wildman–Crippen LogP) is 5.25. The van der Waals surface area contributed by atoms with Gasteiger partial charge in [0, 0.05) is 10.2 Å². The number of benzene rings is 2. The standard InChI is InChI=1S/C17H17BrFN/c1-2-11-9-14(18)10-13-5-8-16(20-17(11)13)12-3-6-15(19)7-4-12/h3-4,6-7,9-10,16,20H,2,5,8H2,1H3. The maximum absolute atomic E-state index is 13.0. The lowest BCUT2D eigenvalue weighted by Crippen LogP contribution is -2.19. The fourth-order valence-electron chi connectivity index (χ4n) is 2.88. The van der Waals surface area contributed by atoms with E-state index in [2.05, 4.69) is 40.3 Å². The maximum atomic E-state index is 13.0. The van der Waals surface area contributed by atoms with Crippen molar-refractivity contribution in [3.8, 4) is 0 Å². The normalized spacial score (nSPS) is 17.4. The Bertz CT molecular complexity index is 604. The van der Waals surface area contributed by atoms with Gasteiger partial charge in [-0.2, -0.15) is 0 Å². The molecule has 0 fully saturated rings. The third-order valence-electron chi connectivity index (χ3n) is 3.94. The molecule has 3 rings (SSSR count). The molecule has 1 atom stereocenters. The van der Waals surface area contributed by atoms with Crippen molar-refractivity contribution in [1.29, 1.82) is 0 Å². The van der Waals surface area contributed by atoms with Gasteiger partial charge in [0.05, 0.1) is 6.04 Å². The van der Waals surface area contributed by atoms with Crippen LogP contribution in [0.2, 0.25) is 0 Å². The first-order chi connectivity index (χ1) is 9.67. The van der Waals surface area contributed by atoms with Gasteiger partial charge in [0.15, 0.2) is 0 Å². The summed E-state index contributed by atoms with van der Waals surface area (Å²) in [5.41, 5.74) is 5.12. The van der Waals surface area contributed by atoms with Crippen molar-refractivity contribution in [2.75, 3.05) is 5.32 Å². The van der Waals surface area contributed by atoms with Gasteiger partial charge in [-0.25, -0.2) is 4.39 Å². The predicted molar refractivity (Wildman–Crippen MR) is 84.6 cm³/mol. The average molecular weight is 334 g/mol. The van der Waals surface area contributed by atoms with Crippen molar-refractivity contribution in [3.63, 3.8) is 0 Å². The van der Waals surface area contributed by atoms with Gasteiger partial charge in [-0.3, -0.25) is 0 Å². The zero-order valence-corrected chi connectivity index (χ0v) is 13.0. The summed E-state index contributed by atoms with van der Waals surface area (Å²) in [5, 5.41) is 3.64. The van der Waals surface area contributed by atoms with Gasteiger partial charge < -0.3 is 5.32 Å². The lowest BCUT2D eigenvalue weighted by atomic mass is 9.91. The maximum Gasteiger partial charge on any atom is 0.123 e. The van der Waals surface area contributed by atoms with Crippen LogP contribution in [0, 0.1) is 5.82 Å². The zero-order chi connectivity index (χ0) is 14.1. The molecule has 1 nitrogen and oxygen atoms in total. The van der Waals surface area contributed by atoms with Gasteiger partial charge >= 0.3 is 0 Å². The Morgan fingerprint density at radius 2 is 2.00 bits per heavy atom. The number of hydrogen-bond donors (Lipinski definition) is 1. The van der Waals surface area contributed by atoms with Crippen LogP contribution in [-0.2, 0) is 12.8 Å². The van der Waals surface area contributed by atoms with E-state index in [0.29, 0.717) is 0 Å². The molecular weight excluding hydrogens is 317 g/mol. The molecule has 0 radical (unpaired) electrons. The second kappa shape index (κ2) is 5.57. The summed E-state index contributed by atoms with van der Waals surface area (Å²) >= 11 is 3.58. The number of halogens is 2. The van der Waals surface area contributed by atoms with Gasteiger partial charge in [0.2, 0.25) is 0 Å². The lowest BCUT2D eigenvalue weighted by molar-refractivity contribution is 0.622. The summed E-state index contributed by atoms with van der Waals surface area (Å²) in [4.78, 5) is 0. The van der Waals surface area contributed by atoms with Crippen LogP contribution in [0.4, 0.5) is 10.1 Å². The molecule has 1 unspecified atom stereocenters. The molecule has 0 aliphatic carbocycles. The van der Waals surface area contributed by atoms with E-state index in [-0.39, 0.29) is 11.9 Å². The minimum absolute atomic E-state index is 0.178. The van der Waals surface area contributed by atoms with E-state index in [1.807, 2.05) is 12.1 Å². The van der Waals surface area contributed by atoms with E-state index in [1.54, 1.807) is 0 Å². The first-order valence-electron chi connectivity index (χ1n) is 7.00. The number of anilines is 1. The first-order valence-corrected chi connectivity index (χ1v) is 7.80. The molecule has 0 amide bonds. The van der Waals surface area contributed by atoms with Crippen LogP contribution in [0.1, 0.15) is 36.1 Å².